The fraction of sp³-hybridized carbons (Fsp3) is 0.333. The van der Waals surface area contributed by atoms with E-state index in [9.17, 15) is 28.0 Å². The van der Waals surface area contributed by atoms with Gasteiger partial charge in [0.1, 0.15) is 11.6 Å². The highest BCUT2D eigenvalue weighted by molar-refractivity contribution is 6.00. The molecule has 1 fully saturated rings. The zero-order valence-electron chi connectivity index (χ0n) is 17.7. The number of anilines is 1. The normalized spacial score (nSPS) is 16.1. The second-order valence-corrected chi connectivity index (χ2v) is 8.14. The van der Waals surface area contributed by atoms with Crippen LogP contribution in [0.4, 0.5) is 14.5 Å². The van der Waals surface area contributed by atoms with Gasteiger partial charge < -0.3 is 15.0 Å². The van der Waals surface area contributed by atoms with Crippen LogP contribution in [0.3, 0.4) is 0 Å². The van der Waals surface area contributed by atoms with Gasteiger partial charge in [-0.05, 0) is 55.2 Å². The van der Waals surface area contributed by atoms with E-state index in [1.807, 2.05) is 0 Å². The molecule has 2 heterocycles. The van der Waals surface area contributed by atoms with Crippen LogP contribution in [-0.2, 0) is 20.7 Å². The summed E-state index contributed by atoms with van der Waals surface area (Å²) < 4.78 is 32.1. The number of ketones is 1. The fourth-order valence-electron chi connectivity index (χ4n) is 4.05. The molecule has 2 aromatic carbocycles. The summed E-state index contributed by atoms with van der Waals surface area (Å²) in [6.07, 6.45) is 1.54. The monoisotopic (exact) mass is 456 g/mol. The van der Waals surface area contributed by atoms with E-state index in [-0.39, 0.29) is 30.3 Å². The first kappa shape index (κ1) is 22.6. The summed E-state index contributed by atoms with van der Waals surface area (Å²) in [7, 11) is 0. The standard InChI is InChI=1S/C24H22F2N2O5/c25-17-3-4-18(19(26)12-17)23(31)28-9-7-14(8-10-28)24(32)33-13-21(29)16-1-5-20-15(11-16)2-6-22(30)27-20/h1,3-5,11-12,14H,2,6-10,13H2,(H,27,30). The molecule has 4 rings (SSSR count). The Balaban J connectivity index is 1.27. The molecule has 0 aliphatic carbocycles. The van der Waals surface area contributed by atoms with Gasteiger partial charge in [0.25, 0.3) is 5.91 Å². The lowest BCUT2D eigenvalue weighted by Crippen LogP contribution is -2.41. The summed E-state index contributed by atoms with van der Waals surface area (Å²) in [4.78, 5) is 50.2. The molecule has 0 spiro atoms. The number of hydrogen-bond acceptors (Lipinski definition) is 5. The number of carbonyl (C=O) groups is 4. The number of carbonyl (C=O) groups excluding carboxylic acids is 4. The minimum Gasteiger partial charge on any atom is -0.457 e. The van der Waals surface area contributed by atoms with Crippen LogP contribution in [0, 0.1) is 17.6 Å². The number of likely N-dealkylation sites (tertiary alicyclic amines) is 1. The summed E-state index contributed by atoms with van der Waals surface area (Å²) in [5.41, 5.74) is 1.73. The van der Waals surface area contributed by atoms with Gasteiger partial charge in [-0.1, -0.05) is 0 Å². The van der Waals surface area contributed by atoms with E-state index in [2.05, 4.69) is 5.32 Å². The summed E-state index contributed by atoms with van der Waals surface area (Å²) in [5, 5.41) is 2.75. The molecule has 0 bridgehead atoms. The molecule has 0 saturated carbocycles. The van der Waals surface area contributed by atoms with Crippen molar-refractivity contribution >= 4 is 29.3 Å². The topological polar surface area (TPSA) is 92.8 Å². The third kappa shape index (κ3) is 5.08. The molecule has 33 heavy (non-hydrogen) atoms. The predicted molar refractivity (Wildman–Crippen MR) is 114 cm³/mol. The van der Waals surface area contributed by atoms with Crippen LogP contribution in [0.5, 0.6) is 0 Å². The van der Waals surface area contributed by atoms with Crippen LogP contribution >= 0.6 is 0 Å². The van der Waals surface area contributed by atoms with Crippen LogP contribution in [0.1, 0.15) is 45.5 Å². The van der Waals surface area contributed by atoms with Crippen molar-refractivity contribution < 1.29 is 32.7 Å². The lowest BCUT2D eigenvalue weighted by atomic mass is 9.96. The zero-order valence-corrected chi connectivity index (χ0v) is 17.7. The summed E-state index contributed by atoms with van der Waals surface area (Å²) in [6.45, 7) is 0.0454. The quantitative estimate of drug-likeness (QED) is 0.551. The molecule has 0 atom stereocenters. The average Bonchev–Trinajstić information content (AvgIpc) is 2.81. The molecule has 2 aliphatic rings. The van der Waals surface area contributed by atoms with Gasteiger partial charge >= 0.3 is 5.97 Å². The number of amides is 2. The van der Waals surface area contributed by atoms with Gasteiger partial charge in [0.2, 0.25) is 5.91 Å². The molecule has 9 heteroatoms. The molecule has 7 nitrogen and oxygen atoms in total. The van der Waals surface area contributed by atoms with Crippen LogP contribution in [0.15, 0.2) is 36.4 Å². The Hall–Kier alpha value is -3.62. The van der Waals surface area contributed by atoms with Crippen molar-refractivity contribution in [2.75, 3.05) is 25.0 Å². The summed E-state index contributed by atoms with van der Waals surface area (Å²) in [5.74, 6) is -3.65. The Bertz CT molecular complexity index is 1130. The molecule has 0 unspecified atom stereocenters. The average molecular weight is 456 g/mol. The molecule has 0 radical (unpaired) electrons. The molecule has 172 valence electrons. The van der Waals surface area contributed by atoms with Gasteiger partial charge in [-0.2, -0.15) is 0 Å². The highest BCUT2D eigenvalue weighted by Gasteiger charge is 2.30. The number of aryl methyl sites for hydroxylation is 1. The Kier molecular flexibility index (Phi) is 6.48. The molecule has 2 aromatic rings. The SMILES string of the molecule is O=C1CCc2cc(C(=O)COC(=O)C3CCN(C(=O)c4ccc(F)cc4F)CC3)ccc2N1. The van der Waals surface area contributed by atoms with Crippen molar-refractivity contribution in [1.29, 1.82) is 0 Å². The first-order chi connectivity index (χ1) is 15.8. The van der Waals surface area contributed by atoms with Crippen LogP contribution < -0.4 is 5.32 Å². The number of benzene rings is 2. The van der Waals surface area contributed by atoms with Crippen molar-refractivity contribution in [3.8, 4) is 0 Å². The molecule has 2 aliphatic heterocycles. The molecule has 0 aromatic heterocycles. The van der Waals surface area contributed by atoms with Gasteiger partial charge in [-0.3, -0.25) is 19.2 Å². The largest absolute Gasteiger partial charge is 0.457 e. The number of piperidine rings is 1. The number of esters is 1. The predicted octanol–water partition coefficient (Wildman–Crippen LogP) is 3.13. The number of hydrogen-bond donors (Lipinski definition) is 1. The minimum absolute atomic E-state index is 0.0638. The van der Waals surface area contributed by atoms with E-state index < -0.39 is 36.0 Å². The maximum atomic E-state index is 13.9. The first-order valence-electron chi connectivity index (χ1n) is 10.7. The molecule has 2 amide bonds. The Labute approximate surface area is 188 Å². The van der Waals surface area contributed by atoms with Gasteiger partial charge in [-0.15, -0.1) is 0 Å². The second kappa shape index (κ2) is 9.48. The number of Topliss-reactive ketones (excluding diaryl/α,β-unsaturated/α-hetero) is 1. The molecule has 1 saturated heterocycles. The van der Waals surface area contributed by atoms with Crippen molar-refractivity contribution in [3.05, 3.63) is 64.7 Å². The molecular formula is C24H22F2N2O5. The Morgan fingerprint density at radius 1 is 1.03 bits per heavy atom. The number of fused-ring (bicyclic) bond motifs is 1. The number of ether oxygens (including phenoxy) is 1. The maximum absolute atomic E-state index is 13.9. The van der Waals surface area contributed by atoms with E-state index >= 15 is 0 Å². The number of rotatable bonds is 5. The van der Waals surface area contributed by atoms with E-state index in [0.29, 0.717) is 43.0 Å². The minimum atomic E-state index is -0.926. The number of nitrogens with zero attached hydrogens (tertiary/aromatic N) is 1. The van der Waals surface area contributed by atoms with Crippen molar-refractivity contribution in [1.82, 2.24) is 4.90 Å². The van der Waals surface area contributed by atoms with Crippen LogP contribution in [0.25, 0.3) is 0 Å². The van der Waals surface area contributed by atoms with Crippen LogP contribution in [0.2, 0.25) is 0 Å². The van der Waals surface area contributed by atoms with Crippen molar-refractivity contribution in [2.45, 2.75) is 25.7 Å². The summed E-state index contributed by atoms with van der Waals surface area (Å²) >= 11 is 0. The molecular weight excluding hydrogens is 434 g/mol. The van der Waals surface area contributed by atoms with E-state index in [1.54, 1.807) is 18.2 Å². The highest BCUT2D eigenvalue weighted by atomic mass is 19.1. The van der Waals surface area contributed by atoms with Gasteiger partial charge in [-0.25, -0.2) is 8.78 Å². The highest BCUT2D eigenvalue weighted by Crippen LogP contribution is 2.25. The fourth-order valence-corrected chi connectivity index (χ4v) is 4.05. The lowest BCUT2D eigenvalue weighted by Gasteiger charge is -2.31. The number of nitrogens with one attached hydrogen (secondary N) is 1. The Morgan fingerprint density at radius 3 is 2.52 bits per heavy atom. The van der Waals surface area contributed by atoms with E-state index in [1.165, 1.54) is 4.90 Å². The van der Waals surface area contributed by atoms with Gasteiger partial charge in [0.05, 0.1) is 11.5 Å². The van der Waals surface area contributed by atoms with Crippen molar-refractivity contribution in [3.63, 3.8) is 0 Å². The summed E-state index contributed by atoms with van der Waals surface area (Å²) in [6, 6.07) is 7.73. The zero-order chi connectivity index (χ0) is 23.5. The van der Waals surface area contributed by atoms with Crippen molar-refractivity contribution in [2.24, 2.45) is 5.92 Å². The van der Waals surface area contributed by atoms with Gasteiger partial charge in [0, 0.05) is 36.8 Å². The maximum Gasteiger partial charge on any atom is 0.309 e. The number of halogens is 2. The van der Waals surface area contributed by atoms with Crippen LogP contribution in [-0.4, -0.2) is 48.2 Å². The van der Waals surface area contributed by atoms with Gasteiger partial charge in [0.15, 0.2) is 12.4 Å². The lowest BCUT2D eigenvalue weighted by molar-refractivity contribution is -0.148. The first-order valence-corrected chi connectivity index (χ1v) is 10.7. The Morgan fingerprint density at radius 2 is 1.79 bits per heavy atom. The third-order valence-corrected chi connectivity index (χ3v) is 5.95. The smallest absolute Gasteiger partial charge is 0.309 e. The third-order valence-electron chi connectivity index (χ3n) is 5.95. The van der Waals surface area contributed by atoms with E-state index in [0.717, 1.165) is 17.7 Å². The van der Waals surface area contributed by atoms with E-state index in [4.69, 9.17) is 4.74 Å². The molecule has 1 N–H and O–H groups in total. The second-order valence-electron chi connectivity index (χ2n) is 8.14.